The molecule has 2 unspecified atom stereocenters. The van der Waals surface area contributed by atoms with E-state index < -0.39 is 32.9 Å². The summed E-state index contributed by atoms with van der Waals surface area (Å²) in [6.07, 6.45) is -1.20. The second kappa shape index (κ2) is 4.95. The molecular formula is C10H20N2O5. The van der Waals surface area contributed by atoms with Crippen molar-refractivity contribution in [2.24, 2.45) is 5.92 Å². The van der Waals surface area contributed by atoms with E-state index >= 15 is 0 Å². The molecule has 0 aromatic heterocycles. The average Bonchev–Trinajstić information content (AvgIpc) is 2.16. The first-order chi connectivity index (χ1) is 7.44. The van der Waals surface area contributed by atoms with Crippen molar-refractivity contribution in [3.63, 3.8) is 0 Å². The molecule has 0 rings (SSSR count). The van der Waals surface area contributed by atoms with E-state index in [9.17, 15) is 25.3 Å². The minimum Gasteiger partial charge on any atom is -0.386 e. The zero-order valence-electron chi connectivity index (χ0n) is 10.8. The van der Waals surface area contributed by atoms with Gasteiger partial charge in [-0.3, -0.25) is 20.2 Å². The first-order valence-electron chi connectivity index (χ1n) is 5.41. The molecule has 2 atom stereocenters. The molecule has 17 heavy (non-hydrogen) atoms. The number of rotatable bonds is 6. The predicted molar refractivity (Wildman–Crippen MR) is 61.9 cm³/mol. The van der Waals surface area contributed by atoms with Gasteiger partial charge in [0.15, 0.2) is 0 Å². The fourth-order valence-corrected chi connectivity index (χ4v) is 1.21. The van der Waals surface area contributed by atoms with Crippen molar-refractivity contribution < 1.29 is 15.0 Å². The maximum Gasteiger partial charge on any atom is 0.242 e. The molecule has 0 heterocycles. The Morgan fingerprint density at radius 2 is 1.41 bits per heavy atom. The van der Waals surface area contributed by atoms with Crippen LogP contribution in [0.1, 0.15) is 41.0 Å². The highest BCUT2D eigenvalue weighted by molar-refractivity contribution is 4.84. The van der Waals surface area contributed by atoms with Crippen LogP contribution in [0.3, 0.4) is 0 Å². The number of aliphatic hydroxyl groups is 1. The van der Waals surface area contributed by atoms with Crippen LogP contribution in [0.5, 0.6) is 0 Å². The Bertz CT molecular complexity index is 284. The van der Waals surface area contributed by atoms with E-state index in [1.807, 2.05) is 0 Å². The molecule has 0 aliphatic rings. The first-order valence-corrected chi connectivity index (χ1v) is 5.41. The van der Waals surface area contributed by atoms with Crippen molar-refractivity contribution in [1.82, 2.24) is 0 Å². The molecule has 0 spiro atoms. The Balaban J connectivity index is 4.77. The monoisotopic (exact) mass is 248 g/mol. The predicted octanol–water partition coefficient (Wildman–Crippen LogP) is 1.48. The molecule has 0 aliphatic carbocycles. The van der Waals surface area contributed by atoms with Gasteiger partial charge in [0.2, 0.25) is 11.1 Å². The van der Waals surface area contributed by atoms with Gasteiger partial charge in [0.25, 0.3) is 0 Å². The molecular weight excluding hydrogens is 228 g/mol. The standard InChI is InChI=1S/C10H20N2O5/c1-7(9(2,3)11(14)15)6-8(13)10(4,5)12(16)17/h7-8,13H,6H2,1-5H3. The van der Waals surface area contributed by atoms with E-state index in [4.69, 9.17) is 0 Å². The minimum absolute atomic E-state index is 0.0158. The SMILES string of the molecule is CC(CC(O)C(C)(C)[N+](=O)[O-])C(C)(C)[N+](=O)[O-]. The van der Waals surface area contributed by atoms with Crippen LogP contribution < -0.4 is 0 Å². The van der Waals surface area contributed by atoms with Gasteiger partial charge < -0.3 is 5.11 Å². The van der Waals surface area contributed by atoms with Crippen LogP contribution in [-0.2, 0) is 0 Å². The van der Waals surface area contributed by atoms with Crippen LogP contribution >= 0.6 is 0 Å². The third-order valence-electron chi connectivity index (χ3n) is 3.54. The zero-order chi connectivity index (χ0) is 14.0. The van der Waals surface area contributed by atoms with Crippen molar-refractivity contribution in [3.8, 4) is 0 Å². The van der Waals surface area contributed by atoms with Crippen LogP contribution in [0, 0.1) is 26.1 Å². The molecule has 0 bridgehead atoms. The lowest BCUT2D eigenvalue weighted by molar-refractivity contribution is -0.581. The van der Waals surface area contributed by atoms with Gasteiger partial charge in [-0.15, -0.1) is 0 Å². The Morgan fingerprint density at radius 3 is 1.71 bits per heavy atom. The molecule has 0 radical (unpaired) electrons. The molecule has 0 amide bonds. The summed E-state index contributed by atoms with van der Waals surface area (Å²) in [5.74, 6) is -0.466. The summed E-state index contributed by atoms with van der Waals surface area (Å²) in [7, 11) is 0. The van der Waals surface area contributed by atoms with Crippen molar-refractivity contribution >= 4 is 0 Å². The number of hydrogen-bond donors (Lipinski definition) is 1. The fourth-order valence-electron chi connectivity index (χ4n) is 1.21. The fraction of sp³-hybridized carbons (Fsp3) is 1.00. The van der Waals surface area contributed by atoms with Gasteiger partial charge in [0, 0.05) is 43.5 Å². The third kappa shape index (κ3) is 3.36. The van der Waals surface area contributed by atoms with Gasteiger partial charge >= 0.3 is 0 Å². The molecule has 1 N–H and O–H groups in total. The minimum atomic E-state index is -1.50. The third-order valence-corrected chi connectivity index (χ3v) is 3.54. The molecule has 100 valence electrons. The van der Waals surface area contributed by atoms with E-state index in [-0.39, 0.29) is 6.42 Å². The quantitative estimate of drug-likeness (QED) is 0.566. The summed E-state index contributed by atoms with van der Waals surface area (Å²) >= 11 is 0. The van der Waals surface area contributed by atoms with Crippen LogP contribution in [0.2, 0.25) is 0 Å². The Labute approximate surface area is 100 Å². The van der Waals surface area contributed by atoms with Gasteiger partial charge in [-0.05, 0) is 6.42 Å². The molecule has 7 heteroatoms. The molecule has 0 fully saturated rings. The lowest BCUT2D eigenvalue weighted by atomic mass is 9.81. The molecule has 0 aliphatic heterocycles. The average molecular weight is 248 g/mol. The topological polar surface area (TPSA) is 107 Å². The van der Waals surface area contributed by atoms with Crippen LogP contribution in [-0.4, -0.2) is 32.1 Å². The highest BCUT2D eigenvalue weighted by atomic mass is 16.6. The van der Waals surface area contributed by atoms with E-state index in [0.717, 1.165) is 0 Å². The normalized spacial score (nSPS) is 16.4. The molecule has 0 aromatic carbocycles. The molecule has 0 aromatic rings. The van der Waals surface area contributed by atoms with Gasteiger partial charge in [-0.2, -0.15) is 0 Å². The van der Waals surface area contributed by atoms with E-state index in [2.05, 4.69) is 0 Å². The van der Waals surface area contributed by atoms with Crippen molar-refractivity contribution in [1.29, 1.82) is 0 Å². The first kappa shape index (κ1) is 15.8. The number of nitro groups is 2. The van der Waals surface area contributed by atoms with E-state index in [1.165, 1.54) is 27.7 Å². The summed E-state index contributed by atoms with van der Waals surface area (Å²) in [4.78, 5) is 20.6. The van der Waals surface area contributed by atoms with Gasteiger partial charge in [0.05, 0.1) is 0 Å². The van der Waals surface area contributed by atoms with Crippen molar-refractivity contribution in [2.45, 2.75) is 58.2 Å². The van der Waals surface area contributed by atoms with Crippen LogP contribution in [0.15, 0.2) is 0 Å². The van der Waals surface area contributed by atoms with Gasteiger partial charge in [0.1, 0.15) is 6.10 Å². The zero-order valence-corrected chi connectivity index (χ0v) is 10.8. The highest BCUT2D eigenvalue weighted by Crippen LogP contribution is 2.28. The molecule has 0 saturated heterocycles. The van der Waals surface area contributed by atoms with Crippen LogP contribution in [0.4, 0.5) is 0 Å². The lowest BCUT2D eigenvalue weighted by Gasteiger charge is -2.28. The summed E-state index contributed by atoms with van der Waals surface area (Å²) in [5.41, 5.74) is -2.71. The van der Waals surface area contributed by atoms with Crippen LogP contribution in [0.25, 0.3) is 0 Å². The van der Waals surface area contributed by atoms with Crippen molar-refractivity contribution in [2.75, 3.05) is 0 Å². The van der Waals surface area contributed by atoms with Gasteiger partial charge in [-0.25, -0.2) is 0 Å². The Hall–Kier alpha value is -1.24. The van der Waals surface area contributed by atoms with E-state index in [1.54, 1.807) is 6.92 Å². The number of hydrogen-bond acceptors (Lipinski definition) is 5. The smallest absolute Gasteiger partial charge is 0.242 e. The summed E-state index contributed by atoms with van der Waals surface area (Å²) < 4.78 is 0. The van der Waals surface area contributed by atoms with Gasteiger partial charge in [-0.1, -0.05) is 6.92 Å². The molecule has 7 nitrogen and oxygen atoms in total. The second-order valence-corrected chi connectivity index (χ2v) is 5.47. The Kier molecular flexibility index (Phi) is 4.59. The maximum absolute atomic E-state index is 10.8. The maximum atomic E-state index is 10.8. The lowest BCUT2D eigenvalue weighted by Crippen LogP contribution is -2.47. The number of nitrogens with zero attached hydrogens (tertiary/aromatic N) is 2. The highest BCUT2D eigenvalue weighted by Gasteiger charge is 2.45. The molecule has 0 saturated carbocycles. The summed E-state index contributed by atoms with van der Waals surface area (Å²) in [6, 6.07) is 0. The Morgan fingerprint density at radius 1 is 1.06 bits per heavy atom. The van der Waals surface area contributed by atoms with Crippen molar-refractivity contribution in [3.05, 3.63) is 20.2 Å². The second-order valence-electron chi connectivity index (χ2n) is 5.47. The number of aliphatic hydroxyl groups excluding tert-OH is 1. The summed E-state index contributed by atoms with van der Waals surface area (Å²) in [6.45, 7) is 7.13. The largest absolute Gasteiger partial charge is 0.386 e. The summed E-state index contributed by atoms with van der Waals surface area (Å²) in [5, 5.41) is 31.4. The van der Waals surface area contributed by atoms with E-state index in [0.29, 0.717) is 0 Å².